The van der Waals surface area contributed by atoms with Crippen LogP contribution < -0.4 is 9.47 Å². The first kappa shape index (κ1) is 19.5. The van der Waals surface area contributed by atoms with E-state index in [1.54, 1.807) is 38.5 Å². The maximum absolute atomic E-state index is 11.4. The van der Waals surface area contributed by atoms with Gasteiger partial charge in [-0.2, -0.15) is 0 Å². The maximum atomic E-state index is 11.4. The van der Waals surface area contributed by atoms with Crippen molar-refractivity contribution in [2.75, 3.05) is 14.2 Å². The molecule has 5 rings (SSSR count). The van der Waals surface area contributed by atoms with Gasteiger partial charge >= 0.3 is 0 Å². The highest BCUT2D eigenvalue weighted by molar-refractivity contribution is 5.95. The van der Waals surface area contributed by atoms with Gasteiger partial charge < -0.3 is 14.5 Å². The van der Waals surface area contributed by atoms with E-state index in [0.717, 1.165) is 16.4 Å². The summed E-state index contributed by atoms with van der Waals surface area (Å²) in [7, 11) is 3.16. The Balaban J connectivity index is 1.84. The third kappa shape index (κ3) is 3.27. The van der Waals surface area contributed by atoms with Crippen LogP contribution in [0.3, 0.4) is 0 Å². The number of fused-ring (bicyclic) bond motifs is 2. The molecule has 1 N–H and O–H groups in total. The van der Waals surface area contributed by atoms with Crippen molar-refractivity contribution in [3.05, 3.63) is 76.8 Å². The molecule has 0 bridgehead atoms. The lowest BCUT2D eigenvalue weighted by Crippen LogP contribution is -1.96. The highest BCUT2D eigenvalue weighted by Gasteiger charge is 2.19. The SMILES string of the molecule is COc1cc(OC)c2cc(-c3nc4ccccc4[nH]3)c(-c3cccc([N+](=O)[O-])c3)nc2c1. The second kappa shape index (κ2) is 7.66. The van der Waals surface area contributed by atoms with Gasteiger partial charge in [0.2, 0.25) is 0 Å². The molecule has 0 atom stereocenters. The van der Waals surface area contributed by atoms with Crippen molar-refractivity contribution in [2.24, 2.45) is 0 Å². The summed E-state index contributed by atoms with van der Waals surface area (Å²) in [6.45, 7) is 0. The molecule has 0 aliphatic heterocycles. The van der Waals surface area contributed by atoms with Gasteiger partial charge in [-0.15, -0.1) is 0 Å². The van der Waals surface area contributed by atoms with E-state index >= 15 is 0 Å². The molecular weight excluding hydrogens is 408 g/mol. The van der Waals surface area contributed by atoms with Crippen molar-refractivity contribution in [2.45, 2.75) is 0 Å². The summed E-state index contributed by atoms with van der Waals surface area (Å²) in [5.41, 5.74) is 4.21. The van der Waals surface area contributed by atoms with Crippen molar-refractivity contribution < 1.29 is 14.4 Å². The quantitative estimate of drug-likeness (QED) is 0.299. The van der Waals surface area contributed by atoms with Gasteiger partial charge in [-0.1, -0.05) is 24.3 Å². The summed E-state index contributed by atoms with van der Waals surface area (Å²) in [6, 6.07) is 19.7. The Morgan fingerprint density at radius 1 is 0.906 bits per heavy atom. The molecule has 0 spiro atoms. The van der Waals surface area contributed by atoms with Gasteiger partial charge in [0.25, 0.3) is 5.69 Å². The number of nitro groups is 1. The number of hydrogen-bond donors (Lipinski definition) is 1. The number of methoxy groups -OCH3 is 2. The normalized spacial score (nSPS) is 11.1. The van der Waals surface area contributed by atoms with Crippen LogP contribution in [0.15, 0.2) is 66.7 Å². The van der Waals surface area contributed by atoms with E-state index in [9.17, 15) is 10.1 Å². The number of benzene rings is 3. The average Bonchev–Trinajstić information content (AvgIpc) is 3.26. The van der Waals surface area contributed by atoms with E-state index in [0.29, 0.717) is 39.7 Å². The third-order valence-corrected chi connectivity index (χ3v) is 5.30. The van der Waals surface area contributed by atoms with Gasteiger partial charge in [0.05, 0.1) is 41.4 Å². The molecule has 0 saturated heterocycles. The molecule has 0 radical (unpaired) electrons. The molecule has 8 nitrogen and oxygen atoms in total. The van der Waals surface area contributed by atoms with Crippen molar-refractivity contribution in [1.29, 1.82) is 0 Å². The van der Waals surface area contributed by atoms with Gasteiger partial charge in [0, 0.05) is 40.8 Å². The Morgan fingerprint density at radius 3 is 2.50 bits per heavy atom. The first-order valence-corrected chi connectivity index (χ1v) is 9.84. The lowest BCUT2D eigenvalue weighted by Gasteiger charge is -2.13. The number of rotatable bonds is 5. The van der Waals surface area contributed by atoms with E-state index < -0.39 is 4.92 Å². The maximum Gasteiger partial charge on any atom is 0.270 e. The van der Waals surface area contributed by atoms with Crippen LogP contribution in [0.2, 0.25) is 0 Å². The summed E-state index contributed by atoms with van der Waals surface area (Å²) in [5.74, 6) is 1.82. The molecular formula is C24H18N4O4. The highest BCUT2D eigenvalue weighted by atomic mass is 16.6. The molecule has 0 aliphatic carbocycles. The lowest BCUT2D eigenvalue weighted by molar-refractivity contribution is -0.384. The summed E-state index contributed by atoms with van der Waals surface area (Å²) in [5, 5.41) is 12.1. The molecule has 8 heteroatoms. The second-order valence-corrected chi connectivity index (χ2v) is 7.19. The number of aromatic amines is 1. The number of pyridine rings is 1. The number of non-ortho nitro benzene ring substituents is 1. The number of H-pyrrole nitrogens is 1. The topological polar surface area (TPSA) is 103 Å². The fourth-order valence-electron chi connectivity index (χ4n) is 3.75. The molecule has 3 aromatic carbocycles. The van der Waals surface area contributed by atoms with Crippen LogP contribution >= 0.6 is 0 Å². The molecule has 0 unspecified atom stereocenters. The number of nitrogens with one attached hydrogen (secondary N) is 1. The Hall–Kier alpha value is -4.46. The van der Waals surface area contributed by atoms with Crippen LogP contribution in [0, 0.1) is 10.1 Å². The number of hydrogen-bond acceptors (Lipinski definition) is 6. The Morgan fingerprint density at radius 2 is 1.75 bits per heavy atom. The van der Waals surface area contributed by atoms with Crippen LogP contribution in [0.25, 0.3) is 44.6 Å². The largest absolute Gasteiger partial charge is 0.497 e. The fraction of sp³-hybridized carbons (Fsp3) is 0.0833. The minimum Gasteiger partial charge on any atom is -0.497 e. The van der Waals surface area contributed by atoms with E-state index in [-0.39, 0.29) is 5.69 Å². The first-order chi connectivity index (χ1) is 15.6. The standard InChI is InChI=1S/C24H18N4O4/c1-31-16-11-21-17(22(12-16)32-2)13-18(24-26-19-8-3-4-9-20(19)27-24)23(25-21)14-6-5-7-15(10-14)28(29)30/h3-13H,1-2H3,(H,26,27). The highest BCUT2D eigenvalue weighted by Crippen LogP contribution is 2.38. The lowest BCUT2D eigenvalue weighted by atomic mass is 10.0. The van der Waals surface area contributed by atoms with Gasteiger partial charge in [-0.25, -0.2) is 9.97 Å². The predicted molar refractivity (Wildman–Crippen MR) is 122 cm³/mol. The minimum atomic E-state index is -0.419. The number of nitro benzene ring substituents is 1. The predicted octanol–water partition coefficient (Wildman–Crippen LogP) is 5.37. The molecule has 2 heterocycles. The molecule has 158 valence electrons. The Bertz CT molecular complexity index is 1460. The zero-order valence-corrected chi connectivity index (χ0v) is 17.3. The molecule has 2 aromatic heterocycles. The molecule has 0 aliphatic rings. The van der Waals surface area contributed by atoms with Crippen LogP contribution in [0.4, 0.5) is 5.69 Å². The number of nitrogens with zero attached hydrogens (tertiary/aromatic N) is 3. The van der Waals surface area contributed by atoms with Crippen molar-refractivity contribution in [3.63, 3.8) is 0 Å². The van der Waals surface area contributed by atoms with E-state index in [4.69, 9.17) is 19.4 Å². The van der Waals surface area contributed by atoms with Gasteiger partial charge in [-0.3, -0.25) is 10.1 Å². The van der Waals surface area contributed by atoms with Gasteiger partial charge in [0.1, 0.15) is 17.3 Å². The molecule has 0 amide bonds. The summed E-state index contributed by atoms with van der Waals surface area (Å²) >= 11 is 0. The van der Waals surface area contributed by atoms with Crippen LogP contribution in [-0.2, 0) is 0 Å². The van der Waals surface area contributed by atoms with Gasteiger partial charge in [-0.05, 0) is 18.2 Å². The van der Waals surface area contributed by atoms with Crippen LogP contribution in [0.1, 0.15) is 0 Å². The molecule has 0 saturated carbocycles. The van der Waals surface area contributed by atoms with E-state index in [1.165, 1.54) is 12.1 Å². The summed E-state index contributed by atoms with van der Waals surface area (Å²) < 4.78 is 11.0. The molecule has 32 heavy (non-hydrogen) atoms. The number of aromatic nitrogens is 3. The monoisotopic (exact) mass is 426 g/mol. The smallest absolute Gasteiger partial charge is 0.270 e. The summed E-state index contributed by atoms with van der Waals surface area (Å²) in [6.07, 6.45) is 0. The number of ether oxygens (including phenoxy) is 2. The minimum absolute atomic E-state index is 0.0109. The second-order valence-electron chi connectivity index (χ2n) is 7.19. The summed E-state index contributed by atoms with van der Waals surface area (Å²) in [4.78, 5) is 23.9. The number of imidazole rings is 1. The molecule has 5 aromatic rings. The Kier molecular flexibility index (Phi) is 4.67. The number of para-hydroxylation sites is 2. The zero-order chi connectivity index (χ0) is 22.2. The average molecular weight is 426 g/mol. The fourth-order valence-corrected chi connectivity index (χ4v) is 3.75. The van der Waals surface area contributed by atoms with Crippen LogP contribution in [0.5, 0.6) is 11.5 Å². The van der Waals surface area contributed by atoms with Crippen LogP contribution in [-0.4, -0.2) is 34.1 Å². The van der Waals surface area contributed by atoms with Crippen molar-refractivity contribution in [1.82, 2.24) is 15.0 Å². The first-order valence-electron chi connectivity index (χ1n) is 9.84. The van der Waals surface area contributed by atoms with Gasteiger partial charge in [0.15, 0.2) is 0 Å². The van der Waals surface area contributed by atoms with Crippen molar-refractivity contribution in [3.8, 4) is 34.1 Å². The van der Waals surface area contributed by atoms with Crippen molar-refractivity contribution >= 4 is 27.6 Å². The van der Waals surface area contributed by atoms with E-state index in [2.05, 4.69) is 4.98 Å². The van der Waals surface area contributed by atoms with E-state index in [1.807, 2.05) is 30.3 Å². The molecule has 0 fully saturated rings. The zero-order valence-electron chi connectivity index (χ0n) is 17.3. The Labute approximate surface area is 182 Å². The third-order valence-electron chi connectivity index (χ3n) is 5.30.